The standard InChI is InChI=1S/C16H16N4O6/c1-9-17-14(26-18-9)10-3-2-4-19(8-10)15(21)11-5-12(16(22)23)7-13(6-11)20(24)25/h5-7,10H,2-4,8H2,1H3,(H,22,23). The van der Waals surface area contributed by atoms with Crippen molar-refractivity contribution in [1.29, 1.82) is 0 Å². The van der Waals surface area contributed by atoms with Crippen molar-refractivity contribution in [3.8, 4) is 0 Å². The fraction of sp³-hybridized carbons (Fsp3) is 0.375. The molecule has 0 saturated carbocycles. The van der Waals surface area contributed by atoms with Crippen molar-refractivity contribution in [3.63, 3.8) is 0 Å². The van der Waals surface area contributed by atoms with Crippen LogP contribution in [0.5, 0.6) is 0 Å². The first kappa shape index (κ1) is 17.5. The van der Waals surface area contributed by atoms with E-state index < -0.39 is 22.5 Å². The Balaban J connectivity index is 1.86. The van der Waals surface area contributed by atoms with E-state index in [2.05, 4.69) is 10.1 Å². The van der Waals surface area contributed by atoms with Crippen LogP contribution in [0.15, 0.2) is 22.7 Å². The number of nitro benzene ring substituents is 1. The van der Waals surface area contributed by atoms with Crippen LogP contribution in [0.3, 0.4) is 0 Å². The number of nitro groups is 1. The van der Waals surface area contributed by atoms with Crippen LogP contribution in [0, 0.1) is 17.0 Å². The normalized spacial score (nSPS) is 17.1. The van der Waals surface area contributed by atoms with Crippen LogP contribution in [-0.2, 0) is 0 Å². The molecule has 1 aromatic heterocycles. The number of hydrogen-bond donors (Lipinski definition) is 1. The van der Waals surface area contributed by atoms with Gasteiger partial charge in [-0.15, -0.1) is 0 Å². The summed E-state index contributed by atoms with van der Waals surface area (Å²) in [5.74, 6) is -0.956. The maximum Gasteiger partial charge on any atom is 0.335 e. The lowest BCUT2D eigenvalue weighted by atomic mass is 9.97. The van der Waals surface area contributed by atoms with Gasteiger partial charge in [-0.05, 0) is 25.8 Å². The van der Waals surface area contributed by atoms with Gasteiger partial charge in [0.05, 0.1) is 16.4 Å². The van der Waals surface area contributed by atoms with Crippen LogP contribution in [-0.4, -0.2) is 50.0 Å². The molecule has 2 heterocycles. The Morgan fingerprint density at radius 1 is 1.35 bits per heavy atom. The number of carbonyl (C=O) groups is 2. The maximum atomic E-state index is 12.8. The highest BCUT2D eigenvalue weighted by atomic mass is 16.6. The largest absolute Gasteiger partial charge is 0.478 e. The van der Waals surface area contributed by atoms with Gasteiger partial charge in [-0.1, -0.05) is 5.16 Å². The molecule has 0 bridgehead atoms. The molecule has 0 aliphatic carbocycles. The lowest BCUT2D eigenvalue weighted by Gasteiger charge is -2.31. The fourth-order valence-electron chi connectivity index (χ4n) is 2.99. The molecule has 1 N–H and O–H groups in total. The zero-order chi connectivity index (χ0) is 18.8. The van der Waals surface area contributed by atoms with Crippen LogP contribution >= 0.6 is 0 Å². The quantitative estimate of drug-likeness (QED) is 0.645. The smallest absolute Gasteiger partial charge is 0.335 e. The Morgan fingerprint density at radius 3 is 2.69 bits per heavy atom. The van der Waals surface area contributed by atoms with Gasteiger partial charge in [0.15, 0.2) is 5.82 Å². The van der Waals surface area contributed by atoms with Crippen LogP contribution in [0.25, 0.3) is 0 Å². The molecule has 1 atom stereocenters. The second kappa shape index (κ2) is 6.90. The van der Waals surface area contributed by atoms with E-state index in [0.29, 0.717) is 31.2 Å². The van der Waals surface area contributed by atoms with E-state index >= 15 is 0 Å². The second-order valence-electron chi connectivity index (χ2n) is 6.10. The summed E-state index contributed by atoms with van der Waals surface area (Å²) in [5.41, 5.74) is -0.767. The Kier molecular flexibility index (Phi) is 4.65. The molecule has 0 spiro atoms. The van der Waals surface area contributed by atoms with Crippen molar-refractivity contribution < 1.29 is 24.1 Å². The van der Waals surface area contributed by atoms with E-state index in [1.165, 1.54) is 4.90 Å². The van der Waals surface area contributed by atoms with E-state index in [9.17, 15) is 19.7 Å². The molecule has 10 heteroatoms. The van der Waals surface area contributed by atoms with Gasteiger partial charge in [-0.2, -0.15) is 4.98 Å². The lowest BCUT2D eigenvalue weighted by molar-refractivity contribution is -0.384. The van der Waals surface area contributed by atoms with Gasteiger partial charge in [0.1, 0.15) is 0 Å². The van der Waals surface area contributed by atoms with Crippen molar-refractivity contribution in [2.75, 3.05) is 13.1 Å². The molecule has 1 unspecified atom stereocenters. The Labute approximate surface area is 147 Å². The molecule has 136 valence electrons. The zero-order valence-electron chi connectivity index (χ0n) is 13.9. The van der Waals surface area contributed by atoms with Gasteiger partial charge in [-0.3, -0.25) is 14.9 Å². The molecule has 1 fully saturated rings. The van der Waals surface area contributed by atoms with Gasteiger partial charge >= 0.3 is 5.97 Å². The van der Waals surface area contributed by atoms with Crippen molar-refractivity contribution >= 4 is 17.6 Å². The first-order valence-electron chi connectivity index (χ1n) is 7.97. The van der Waals surface area contributed by atoms with E-state index in [4.69, 9.17) is 9.63 Å². The first-order valence-corrected chi connectivity index (χ1v) is 7.97. The summed E-state index contributed by atoms with van der Waals surface area (Å²) in [4.78, 5) is 40.0. The molecule has 1 aromatic carbocycles. The van der Waals surface area contributed by atoms with Gasteiger partial charge in [-0.25, -0.2) is 4.79 Å². The number of likely N-dealkylation sites (tertiary alicyclic amines) is 1. The SMILES string of the molecule is Cc1noc(C2CCCN(C(=O)c3cc(C(=O)O)cc([N+](=O)[O-])c3)C2)n1. The van der Waals surface area contributed by atoms with Crippen molar-refractivity contribution in [2.45, 2.75) is 25.7 Å². The summed E-state index contributed by atoms with van der Waals surface area (Å²) >= 11 is 0. The molecule has 1 amide bonds. The number of aromatic nitrogens is 2. The molecule has 2 aromatic rings. The number of amides is 1. The number of piperidine rings is 1. The average Bonchev–Trinajstić information content (AvgIpc) is 3.07. The van der Waals surface area contributed by atoms with Gasteiger partial charge in [0, 0.05) is 30.8 Å². The Morgan fingerprint density at radius 2 is 2.08 bits per heavy atom. The summed E-state index contributed by atoms with van der Waals surface area (Å²) in [7, 11) is 0. The molecule has 1 saturated heterocycles. The number of carboxylic acid groups (broad SMARTS) is 1. The number of rotatable bonds is 4. The fourth-order valence-corrected chi connectivity index (χ4v) is 2.99. The van der Waals surface area contributed by atoms with Crippen molar-refractivity contribution in [1.82, 2.24) is 15.0 Å². The van der Waals surface area contributed by atoms with E-state index in [0.717, 1.165) is 24.6 Å². The molecule has 0 radical (unpaired) electrons. The minimum atomic E-state index is -1.33. The molecule has 1 aliphatic rings. The van der Waals surface area contributed by atoms with E-state index in [1.54, 1.807) is 6.92 Å². The minimum Gasteiger partial charge on any atom is -0.478 e. The van der Waals surface area contributed by atoms with Gasteiger partial charge in [0.25, 0.3) is 11.6 Å². The highest BCUT2D eigenvalue weighted by Crippen LogP contribution is 2.27. The first-order chi connectivity index (χ1) is 12.3. The van der Waals surface area contributed by atoms with Gasteiger partial charge < -0.3 is 14.5 Å². The minimum absolute atomic E-state index is 0.0287. The highest BCUT2D eigenvalue weighted by Gasteiger charge is 2.30. The zero-order valence-corrected chi connectivity index (χ0v) is 13.9. The summed E-state index contributed by atoms with van der Waals surface area (Å²) < 4.78 is 5.17. The second-order valence-corrected chi connectivity index (χ2v) is 6.10. The van der Waals surface area contributed by atoms with Crippen LogP contribution in [0.2, 0.25) is 0 Å². The van der Waals surface area contributed by atoms with Gasteiger partial charge in [0.2, 0.25) is 5.89 Å². The number of carboxylic acids is 1. The molecule has 26 heavy (non-hydrogen) atoms. The average molecular weight is 360 g/mol. The summed E-state index contributed by atoms with van der Waals surface area (Å²) in [5, 5.41) is 23.9. The molecular weight excluding hydrogens is 344 g/mol. The van der Waals surface area contributed by atoms with Crippen LogP contribution < -0.4 is 0 Å². The summed E-state index contributed by atoms with van der Waals surface area (Å²) in [6.07, 6.45) is 1.49. The highest BCUT2D eigenvalue weighted by molar-refractivity contribution is 5.98. The molecule has 10 nitrogen and oxygen atoms in total. The number of nitrogens with zero attached hydrogens (tertiary/aromatic N) is 4. The lowest BCUT2D eigenvalue weighted by Crippen LogP contribution is -2.39. The summed E-state index contributed by atoms with van der Waals surface area (Å²) in [6, 6.07) is 3.17. The number of benzene rings is 1. The topological polar surface area (TPSA) is 140 Å². The van der Waals surface area contributed by atoms with Crippen LogP contribution in [0.1, 0.15) is 51.2 Å². The predicted octanol–water partition coefficient (Wildman–Crippen LogP) is 2.00. The third-order valence-electron chi connectivity index (χ3n) is 4.22. The molecular formula is C16H16N4O6. The third-order valence-corrected chi connectivity index (χ3v) is 4.22. The van der Waals surface area contributed by atoms with Crippen molar-refractivity contribution in [2.24, 2.45) is 0 Å². The molecule has 3 rings (SSSR count). The monoisotopic (exact) mass is 360 g/mol. The Bertz CT molecular complexity index is 845. The molecule has 1 aliphatic heterocycles. The number of aromatic carboxylic acids is 1. The number of hydrogen-bond acceptors (Lipinski definition) is 7. The Hall–Kier alpha value is -3.30. The predicted molar refractivity (Wildman–Crippen MR) is 87.0 cm³/mol. The third kappa shape index (κ3) is 3.53. The number of carbonyl (C=O) groups excluding carboxylic acids is 1. The summed E-state index contributed by atoms with van der Waals surface area (Å²) in [6.45, 7) is 2.49. The van der Waals surface area contributed by atoms with E-state index in [-0.39, 0.29) is 17.0 Å². The number of non-ortho nitro benzene ring substituents is 1. The van der Waals surface area contributed by atoms with Crippen molar-refractivity contribution in [3.05, 3.63) is 51.2 Å². The maximum absolute atomic E-state index is 12.8. The van der Waals surface area contributed by atoms with Crippen LogP contribution in [0.4, 0.5) is 5.69 Å². The number of aryl methyl sites for hydroxylation is 1. The van der Waals surface area contributed by atoms with E-state index in [1.807, 2.05) is 0 Å².